The van der Waals surface area contributed by atoms with Crippen LogP contribution >= 0.6 is 0 Å². The van der Waals surface area contributed by atoms with Gasteiger partial charge in [0, 0.05) is 6.54 Å². The summed E-state index contributed by atoms with van der Waals surface area (Å²) in [5, 5.41) is 10.7. The molecule has 0 aliphatic carbocycles. The number of carbonyl (C=O) groups excluding carboxylic acids is 1. The Labute approximate surface area is 117 Å². The molecule has 0 unspecified atom stereocenters. The number of hydrogen-bond acceptors (Lipinski definition) is 7. The molecule has 0 aromatic carbocycles. The van der Waals surface area contributed by atoms with Crippen molar-refractivity contribution in [3.05, 3.63) is 0 Å². The van der Waals surface area contributed by atoms with Gasteiger partial charge in [-0.25, -0.2) is 0 Å². The fourth-order valence-corrected chi connectivity index (χ4v) is 1.28. The quantitative estimate of drug-likeness (QED) is 0.190. The number of carboxylic acids is 1. The molecule has 120 valence electrons. The maximum atomic E-state index is 10.1. The van der Waals surface area contributed by atoms with Crippen molar-refractivity contribution in [2.75, 3.05) is 25.4 Å². The van der Waals surface area contributed by atoms with Gasteiger partial charge in [-0.3, -0.25) is 14.1 Å². The summed E-state index contributed by atoms with van der Waals surface area (Å²) in [5.74, 6) is -1.94. The number of amides is 1. The van der Waals surface area contributed by atoms with Crippen molar-refractivity contribution < 1.29 is 27.7 Å². The highest BCUT2D eigenvalue weighted by atomic mass is 32.2. The molecule has 1 amide bonds. The molecule has 0 heterocycles. The molecular formula is C9H22N4O6S. The molecule has 0 radical (unpaired) electrons. The number of nitrogens with two attached hydrogens (primary N) is 3. The summed E-state index contributed by atoms with van der Waals surface area (Å²) in [6.45, 7) is 0.429. The summed E-state index contributed by atoms with van der Waals surface area (Å²) in [4.78, 5) is 20.1. The molecule has 0 bridgehead atoms. The van der Waals surface area contributed by atoms with E-state index >= 15 is 0 Å². The number of hydrogen-bond donors (Lipinski definition) is 6. The second-order valence-electron chi connectivity index (χ2n) is 3.80. The maximum absolute atomic E-state index is 10.1. The molecule has 0 saturated carbocycles. The van der Waals surface area contributed by atoms with Crippen LogP contribution in [0.5, 0.6) is 0 Å². The minimum absolute atomic E-state index is 0.0156. The lowest BCUT2D eigenvalue weighted by Gasteiger charge is -2.02. The molecular weight excluding hydrogens is 292 g/mol. The minimum Gasteiger partial charge on any atom is -0.480 e. The SMILES string of the molecule is NC(=O)CNCCS(=O)(=O)O.NCCC[C@H](N)C(=O)O. The Balaban J connectivity index is 0. The smallest absolute Gasteiger partial charge is 0.320 e. The second kappa shape index (κ2) is 11.5. The van der Waals surface area contributed by atoms with Crippen molar-refractivity contribution in [2.24, 2.45) is 17.2 Å². The summed E-state index contributed by atoms with van der Waals surface area (Å²) in [5.41, 5.74) is 15.0. The topological polar surface area (TPSA) is 199 Å². The molecule has 0 spiro atoms. The van der Waals surface area contributed by atoms with E-state index in [9.17, 15) is 18.0 Å². The van der Waals surface area contributed by atoms with Gasteiger partial charge in [0.2, 0.25) is 5.91 Å². The van der Waals surface area contributed by atoms with Crippen LogP contribution in [0.2, 0.25) is 0 Å². The molecule has 0 rings (SSSR count). The first-order chi connectivity index (χ1) is 9.10. The summed E-state index contributed by atoms with van der Waals surface area (Å²) in [7, 11) is -3.94. The number of carbonyl (C=O) groups is 2. The van der Waals surface area contributed by atoms with Crippen LogP contribution in [-0.4, -0.2) is 61.4 Å². The fourth-order valence-electron chi connectivity index (χ4n) is 0.874. The molecule has 1 atom stereocenters. The van der Waals surface area contributed by atoms with Gasteiger partial charge >= 0.3 is 5.97 Å². The predicted molar refractivity (Wildman–Crippen MR) is 72.4 cm³/mol. The minimum atomic E-state index is -3.94. The fraction of sp³-hybridized carbons (Fsp3) is 0.778. The number of rotatable bonds is 9. The van der Waals surface area contributed by atoms with E-state index in [0.717, 1.165) is 0 Å². The van der Waals surface area contributed by atoms with Crippen LogP contribution in [0, 0.1) is 0 Å². The molecule has 0 saturated heterocycles. The zero-order valence-corrected chi connectivity index (χ0v) is 11.8. The normalized spacial score (nSPS) is 12.2. The largest absolute Gasteiger partial charge is 0.480 e. The first-order valence-electron chi connectivity index (χ1n) is 5.72. The van der Waals surface area contributed by atoms with E-state index in [-0.39, 0.29) is 13.1 Å². The zero-order chi connectivity index (χ0) is 16.2. The van der Waals surface area contributed by atoms with Crippen molar-refractivity contribution in [2.45, 2.75) is 18.9 Å². The number of nitrogens with one attached hydrogen (secondary N) is 1. The van der Waals surface area contributed by atoms with E-state index < -0.39 is 33.8 Å². The van der Waals surface area contributed by atoms with Gasteiger partial charge in [-0.1, -0.05) is 0 Å². The average molecular weight is 314 g/mol. The zero-order valence-electron chi connectivity index (χ0n) is 11.0. The summed E-state index contributed by atoms with van der Waals surface area (Å²) in [6, 6.07) is -0.742. The third-order valence-corrected chi connectivity index (χ3v) is 2.59. The Morgan fingerprint density at radius 3 is 2.20 bits per heavy atom. The first-order valence-corrected chi connectivity index (χ1v) is 7.33. The van der Waals surface area contributed by atoms with Crippen LogP contribution in [0.4, 0.5) is 0 Å². The third-order valence-electron chi connectivity index (χ3n) is 1.87. The molecule has 20 heavy (non-hydrogen) atoms. The monoisotopic (exact) mass is 314 g/mol. The van der Waals surface area contributed by atoms with Crippen LogP contribution in [0.15, 0.2) is 0 Å². The van der Waals surface area contributed by atoms with Crippen molar-refractivity contribution >= 4 is 22.0 Å². The van der Waals surface area contributed by atoms with Crippen molar-refractivity contribution in [1.29, 1.82) is 0 Å². The summed E-state index contributed by atoms with van der Waals surface area (Å²) in [6.07, 6.45) is 1.14. The van der Waals surface area contributed by atoms with Gasteiger partial charge in [-0.2, -0.15) is 8.42 Å². The lowest BCUT2D eigenvalue weighted by atomic mass is 10.2. The lowest BCUT2D eigenvalue weighted by molar-refractivity contribution is -0.138. The van der Waals surface area contributed by atoms with Crippen molar-refractivity contribution in [3.63, 3.8) is 0 Å². The molecule has 0 fully saturated rings. The van der Waals surface area contributed by atoms with Crippen molar-refractivity contribution in [1.82, 2.24) is 5.32 Å². The second-order valence-corrected chi connectivity index (χ2v) is 5.38. The van der Waals surface area contributed by atoms with Gasteiger partial charge in [0.25, 0.3) is 10.1 Å². The first kappa shape index (κ1) is 21.0. The number of primary amides is 1. The Hall–Kier alpha value is -1.27. The van der Waals surface area contributed by atoms with E-state index in [1.807, 2.05) is 0 Å². The third kappa shape index (κ3) is 19.1. The standard InChI is InChI=1S/C5H12N2O2.C4H10N2O4S/c6-3-1-2-4(7)5(8)9;5-4(7)3-6-1-2-11(8,9)10/h4H,1-3,6-7H2,(H,8,9);6H,1-3H2,(H2,5,7)(H,8,9,10)/t4-;/m0./s1. The van der Waals surface area contributed by atoms with Gasteiger partial charge in [0.15, 0.2) is 0 Å². The molecule has 0 aromatic heterocycles. The predicted octanol–water partition coefficient (Wildman–Crippen LogP) is -2.91. The van der Waals surface area contributed by atoms with Crippen LogP contribution in [-0.2, 0) is 19.7 Å². The Morgan fingerprint density at radius 2 is 1.85 bits per heavy atom. The molecule has 0 aromatic rings. The van der Waals surface area contributed by atoms with Gasteiger partial charge < -0.3 is 27.6 Å². The van der Waals surface area contributed by atoms with E-state index in [1.165, 1.54) is 0 Å². The Morgan fingerprint density at radius 1 is 1.30 bits per heavy atom. The lowest BCUT2D eigenvalue weighted by Crippen LogP contribution is -2.31. The van der Waals surface area contributed by atoms with Gasteiger partial charge in [-0.05, 0) is 19.4 Å². The Bertz CT molecular complexity index is 386. The molecule has 10 nitrogen and oxygen atoms in total. The number of carboxylic acid groups (broad SMARTS) is 1. The Kier molecular flexibility index (Phi) is 12.1. The molecule has 9 N–H and O–H groups in total. The van der Waals surface area contributed by atoms with Crippen LogP contribution < -0.4 is 22.5 Å². The molecule has 0 aliphatic heterocycles. The van der Waals surface area contributed by atoms with Gasteiger partial charge in [-0.15, -0.1) is 0 Å². The van der Waals surface area contributed by atoms with E-state index in [0.29, 0.717) is 19.4 Å². The highest BCUT2D eigenvalue weighted by Gasteiger charge is 2.08. The highest BCUT2D eigenvalue weighted by Crippen LogP contribution is 1.91. The van der Waals surface area contributed by atoms with E-state index in [4.69, 9.17) is 26.9 Å². The van der Waals surface area contributed by atoms with Crippen LogP contribution in [0.25, 0.3) is 0 Å². The molecule has 0 aliphatic rings. The van der Waals surface area contributed by atoms with Crippen LogP contribution in [0.3, 0.4) is 0 Å². The highest BCUT2D eigenvalue weighted by molar-refractivity contribution is 7.85. The van der Waals surface area contributed by atoms with Gasteiger partial charge in [0.1, 0.15) is 6.04 Å². The maximum Gasteiger partial charge on any atom is 0.320 e. The summed E-state index contributed by atoms with van der Waals surface area (Å²) >= 11 is 0. The molecule has 11 heteroatoms. The van der Waals surface area contributed by atoms with Crippen LogP contribution in [0.1, 0.15) is 12.8 Å². The number of aliphatic carboxylic acids is 1. The van der Waals surface area contributed by atoms with E-state index in [1.54, 1.807) is 0 Å². The van der Waals surface area contributed by atoms with Gasteiger partial charge in [0.05, 0.1) is 12.3 Å². The summed E-state index contributed by atoms with van der Waals surface area (Å²) < 4.78 is 28.3. The average Bonchev–Trinajstić information content (AvgIpc) is 2.31. The van der Waals surface area contributed by atoms with Crippen molar-refractivity contribution in [3.8, 4) is 0 Å². The van der Waals surface area contributed by atoms with E-state index in [2.05, 4.69) is 5.32 Å².